The first-order chi connectivity index (χ1) is 11.7. The Morgan fingerprint density at radius 1 is 1.33 bits per heavy atom. The number of nitrogens with zero attached hydrogens (tertiary/aromatic N) is 3. The summed E-state index contributed by atoms with van der Waals surface area (Å²) in [6.07, 6.45) is 0.976. The fourth-order valence-corrected chi connectivity index (χ4v) is 2.76. The molecule has 2 heterocycles. The Kier molecular flexibility index (Phi) is 5.82. The standard InChI is InChI=1S/C18H26N4O2/c1-14(2)17-19-18(21-20-17)16-13-22(10-12-24-16)9-6-11-23-15-7-4-3-5-8-15/h3-5,7-8,14,16H,6,9-13H2,1-2H3,(H,19,20,21)/t16-/m1/s1. The number of para-hydroxylation sites is 1. The number of aromatic amines is 1. The third-order valence-corrected chi connectivity index (χ3v) is 4.12. The molecule has 0 spiro atoms. The highest BCUT2D eigenvalue weighted by Crippen LogP contribution is 2.20. The summed E-state index contributed by atoms with van der Waals surface area (Å²) in [5.41, 5.74) is 0. The number of hydrogen-bond acceptors (Lipinski definition) is 5. The molecular formula is C18H26N4O2. The summed E-state index contributed by atoms with van der Waals surface area (Å²) in [5.74, 6) is 2.94. The molecule has 1 saturated heterocycles. The lowest BCUT2D eigenvalue weighted by atomic mass is 10.2. The smallest absolute Gasteiger partial charge is 0.155 e. The van der Waals surface area contributed by atoms with Crippen LogP contribution in [0.1, 0.15) is 43.9 Å². The zero-order valence-corrected chi connectivity index (χ0v) is 14.4. The van der Waals surface area contributed by atoms with Crippen molar-refractivity contribution in [3.8, 4) is 5.75 Å². The molecule has 2 aromatic rings. The van der Waals surface area contributed by atoms with Gasteiger partial charge in [-0.2, -0.15) is 5.10 Å². The van der Waals surface area contributed by atoms with E-state index in [9.17, 15) is 0 Å². The number of benzene rings is 1. The summed E-state index contributed by atoms with van der Waals surface area (Å²) in [6, 6.07) is 9.95. The van der Waals surface area contributed by atoms with Gasteiger partial charge < -0.3 is 9.47 Å². The van der Waals surface area contributed by atoms with E-state index in [0.29, 0.717) is 5.92 Å². The third-order valence-electron chi connectivity index (χ3n) is 4.12. The van der Waals surface area contributed by atoms with Gasteiger partial charge in [-0.25, -0.2) is 4.98 Å². The molecule has 1 aromatic heterocycles. The van der Waals surface area contributed by atoms with Gasteiger partial charge >= 0.3 is 0 Å². The topological polar surface area (TPSA) is 63.3 Å². The largest absolute Gasteiger partial charge is 0.494 e. The zero-order chi connectivity index (χ0) is 16.8. The summed E-state index contributed by atoms with van der Waals surface area (Å²) in [7, 11) is 0. The van der Waals surface area contributed by atoms with Gasteiger partial charge in [0.1, 0.15) is 11.9 Å². The molecule has 3 rings (SSSR count). The summed E-state index contributed by atoms with van der Waals surface area (Å²) < 4.78 is 11.6. The van der Waals surface area contributed by atoms with Crippen molar-refractivity contribution in [2.75, 3.05) is 32.8 Å². The van der Waals surface area contributed by atoms with Crippen LogP contribution in [0, 0.1) is 0 Å². The molecule has 6 heteroatoms. The molecule has 0 saturated carbocycles. The van der Waals surface area contributed by atoms with Crippen molar-refractivity contribution in [2.45, 2.75) is 32.3 Å². The van der Waals surface area contributed by atoms with Crippen molar-refractivity contribution in [1.29, 1.82) is 0 Å². The molecule has 0 radical (unpaired) electrons. The van der Waals surface area contributed by atoms with Crippen LogP contribution in [0.5, 0.6) is 5.75 Å². The number of aromatic nitrogens is 3. The van der Waals surface area contributed by atoms with Gasteiger partial charge in [0.2, 0.25) is 0 Å². The lowest BCUT2D eigenvalue weighted by Gasteiger charge is -2.31. The van der Waals surface area contributed by atoms with Crippen LogP contribution in [0.3, 0.4) is 0 Å². The van der Waals surface area contributed by atoms with E-state index in [1.807, 2.05) is 30.3 Å². The van der Waals surface area contributed by atoms with Crippen LogP contribution in [-0.2, 0) is 4.74 Å². The minimum absolute atomic E-state index is 0.0196. The molecule has 6 nitrogen and oxygen atoms in total. The van der Waals surface area contributed by atoms with E-state index in [1.165, 1.54) is 0 Å². The van der Waals surface area contributed by atoms with Crippen molar-refractivity contribution in [3.63, 3.8) is 0 Å². The summed E-state index contributed by atoms with van der Waals surface area (Å²) in [5, 5.41) is 7.30. The van der Waals surface area contributed by atoms with Crippen LogP contribution in [0.25, 0.3) is 0 Å². The van der Waals surface area contributed by atoms with Gasteiger partial charge in [0.25, 0.3) is 0 Å². The van der Waals surface area contributed by atoms with Crippen LogP contribution in [0.2, 0.25) is 0 Å². The van der Waals surface area contributed by atoms with Crippen molar-refractivity contribution < 1.29 is 9.47 Å². The third kappa shape index (κ3) is 4.55. The van der Waals surface area contributed by atoms with Gasteiger partial charge in [-0.05, 0) is 18.6 Å². The lowest BCUT2D eigenvalue weighted by molar-refractivity contribution is -0.0351. The molecule has 1 fully saturated rings. The van der Waals surface area contributed by atoms with Crippen LogP contribution in [-0.4, -0.2) is 52.9 Å². The SMILES string of the molecule is CC(C)c1n[nH]c([C@H]2CN(CCCOc3ccccc3)CCO2)n1. The number of nitrogens with one attached hydrogen (secondary N) is 1. The normalized spacial score (nSPS) is 18.9. The van der Waals surface area contributed by atoms with E-state index in [4.69, 9.17) is 9.47 Å². The Morgan fingerprint density at radius 3 is 2.92 bits per heavy atom. The van der Waals surface area contributed by atoms with Crippen LogP contribution in [0.4, 0.5) is 0 Å². The molecule has 1 aromatic carbocycles. The molecule has 130 valence electrons. The van der Waals surface area contributed by atoms with Crippen LogP contribution < -0.4 is 4.74 Å². The minimum Gasteiger partial charge on any atom is -0.494 e. The van der Waals surface area contributed by atoms with E-state index in [0.717, 1.165) is 56.7 Å². The van der Waals surface area contributed by atoms with Crippen LogP contribution in [0.15, 0.2) is 30.3 Å². The fourth-order valence-electron chi connectivity index (χ4n) is 2.76. The number of morpholine rings is 1. The van der Waals surface area contributed by atoms with Crippen molar-refractivity contribution >= 4 is 0 Å². The second-order valence-corrected chi connectivity index (χ2v) is 6.41. The Bertz CT molecular complexity index is 614. The number of H-pyrrole nitrogens is 1. The Morgan fingerprint density at radius 2 is 2.17 bits per heavy atom. The van der Waals surface area contributed by atoms with Crippen molar-refractivity contribution in [2.24, 2.45) is 0 Å². The molecule has 1 aliphatic rings. The Hall–Kier alpha value is -1.92. The minimum atomic E-state index is -0.0196. The molecular weight excluding hydrogens is 304 g/mol. The monoisotopic (exact) mass is 330 g/mol. The first kappa shape index (κ1) is 16.9. The molecule has 24 heavy (non-hydrogen) atoms. The average molecular weight is 330 g/mol. The van der Waals surface area contributed by atoms with E-state index < -0.39 is 0 Å². The maximum atomic E-state index is 5.86. The Labute approximate surface area is 143 Å². The summed E-state index contributed by atoms with van der Waals surface area (Å²) >= 11 is 0. The number of hydrogen-bond donors (Lipinski definition) is 1. The number of rotatable bonds is 7. The first-order valence-electron chi connectivity index (χ1n) is 8.66. The predicted molar refractivity (Wildman–Crippen MR) is 92.2 cm³/mol. The predicted octanol–water partition coefficient (Wildman–Crippen LogP) is 2.77. The first-order valence-corrected chi connectivity index (χ1v) is 8.66. The zero-order valence-electron chi connectivity index (χ0n) is 14.4. The molecule has 1 atom stereocenters. The van der Waals surface area contributed by atoms with Gasteiger partial charge in [0.15, 0.2) is 11.6 Å². The van der Waals surface area contributed by atoms with Gasteiger partial charge in [0, 0.05) is 25.6 Å². The van der Waals surface area contributed by atoms with E-state index in [1.54, 1.807) is 0 Å². The van der Waals surface area contributed by atoms with Crippen molar-refractivity contribution in [1.82, 2.24) is 20.1 Å². The Balaban J connectivity index is 1.43. The van der Waals surface area contributed by atoms with E-state index in [2.05, 4.69) is 33.9 Å². The molecule has 1 N–H and O–H groups in total. The lowest BCUT2D eigenvalue weighted by Crippen LogP contribution is -2.39. The number of ether oxygens (including phenoxy) is 2. The van der Waals surface area contributed by atoms with Crippen molar-refractivity contribution in [3.05, 3.63) is 42.0 Å². The molecule has 1 aliphatic heterocycles. The second-order valence-electron chi connectivity index (χ2n) is 6.41. The van der Waals surface area contributed by atoms with Gasteiger partial charge in [0.05, 0.1) is 13.2 Å². The average Bonchev–Trinajstić information content (AvgIpc) is 3.10. The second kappa shape index (κ2) is 8.26. The quantitative estimate of drug-likeness (QED) is 0.791. The molecule has 0 amide bonds. The maximum Gasteiger partial charge on any atom is 0.155 e. The summed E-state index contributed by atoms with van der Waals surface area (Å²) in [6.45, 7) is 8.43. The van der Waals surface area contributed by atoms with Crippen LogP contribution >= 0.6 is 0 Å². The fraction of sp³-hybridized carbons (Fsp3) is 0.556. The maximum absolute atomic E-state index is 5.86. The van der Waals surface area contributed by atoms with Gasteiger partial charge in [-0.15, -0.1) is 0 Å². The highest BCUT2D eigenvalue weighted by Gasteiger charge is 2.24. The highest BCUT2D eigenvalue weighted by molar-refractivity contribution is 5.20. The van der Waals surface area contributed by atoms with Gasteiger partial charge in [-0.3, -0.25) is 10.00 Å². The van der Waals surface area contributed by atoms with Gasteiger partial charge in [-0.1, -0.05) is 32.0 Å². The molecule has 0 bridgehead atoms. The van der Waals surface area contributed by atoms with E-state index in [-0.39, 0.29) is 6.10 Å². The van der Waals surface area contributed by atoms with E-state index >= 15 is 0 Å². The molecule has 0 aliphatic carbocycles. The highest BCUT2D eigenvalue weighted by atomic mass is 16.5. The molecule has 0 unspecified atom stereocenters. The summed E-state index contributed by atoms with van der Waals surface area (Å²) in [4.78, 5) is 6.96.